The number of methoxy groups -OCH3 is 1. The number of benzene rings is 2. The maximum atomic E-state index is 11.5. The molecule has 0 aliphatic carbocycles. The number of hydrogen-bond acceptors (Lipinski definition) is 6. The van der Waals surface area contributed by atoms with Gasteiger partial charge in [0.15, 0.2) is 0 Å². The molecule has 6 heteroatoms. The number of nitrogens with zero attached hydrogens (tertiary/aromatic N) is 3. The molecule has 0 saturated carbocycles. The van der Waals surface area contributed by atoms with Crippen LogP contribution in [0.1, 0.15) is 16.1 Å². The third kappa shape index (κ3) is 3.97. The quantitative estimate of drug-likeness (QED) is 0.701. The van der Waals surface area contributed by atoms with Gasteiger partial charge in [-0.3, -0.25) is 0 Å². The maximum Gasteiger partial charge on any atom is 0.337 e. The normalized spacial score (nSPS) is 10.3. The van der Waals surface area contributed by atoms with Gasteiger partial charge in [-0.15, -0.1) is 0 Å². The van der Waals surface area contributed by atoms with Crippen LogP contribution in [0.4, 0.5) is 23.1 Å². The maximum absolute atomic E-state index is 11.5. The Bertz CT molecular complexity index is 895. The zero-order valence-electron chi connectivity index (χ0n) is 14.9. The van der Waals surface area contributed by atoms with Crippen molar-refractivity contribution in [2.24, 2.45) is 0 Å². The van der Waals surface area contributed by atoms with Crippen molar-refractivity contribution in [2.45, 2.75) is 6.92 Å². The number of aromatic nitrogens is 2. The molecule has 0 atom stereocenters. The van der Waals surface area contributed by atoms with Crippen LogP contribution in [-0.2, 0) is 4.74 Å². The summed E-state index contributed by atoms with van der Waals surface area (Å²) in [6.45, 7) is 1.93. The molecule has 0 bridgehead atoms. The molecule has 132 valence electrons. The first-order valence-corrected chi connectivity index (χ1v) is 8.16. The molecule has 0 fully saturated rings. The minimum atomic E-state index is -0.360. The SMILES string of the molecule is COC(=O)c1ccc(Nc2cc(C)nc(N(C)c3ccccc3)n2)cc1. The van der Waals surface area contributed by atoms with Gasteiger partial charge in [-0.1, -0.05) is 18.2 Å². The van der Waals surface area contributed by atoms with Crippen LogP contribution in [0.3, 0.4) is 0 Å². The number of para-hydroxylation sites is 1. The molecule has 0 spiro atoms. The van der Waals surface area contributed by atoms with E-state index in [1.54, 1.807) is 12.1 Å². The van der Waals surface area contributed by atoms with Crippen molar-refractivity contribution < 1.29 is 9.53 Å². The molecule has 1 aromatic heterocycles. The Morgan fingerprint density at radius 1 is 1.04 bits per heavy atom. The van der Waals surface area contributed by atoms with E-state index in [0.29, 0.717) is 17.3 Å². The summed E-state index contributed by atoms with van der Waals surface area (Å²) in [5.41, 5.74) is 3.18. The molecule has 0 unspecified atom stereocenters. The highest BCUT2D eigenvalue weighted by molar-refractivity contribution is 5.89. The summed E-state index contributed by atoms with van der Waals surface area (Å²) in [6, 6.07) is 18.8. The average molecular weight is 348 g/mol. The molecule has 3 rings (SSSR count). The van der Waals surface area contributed by atoms with Crippen molar-refractivity contribution >= 4 is 29.1 Å². The van der Waals surface area contributed by atoms with Crippen molar-refractivity contribution in [3.8, 4) is 0 Å². The molecule has 1 N–H and O–H groups in total. The van der Waals surface area contributed by atoms with Gasteiger partial charge in [-0.2, -0.15) is 4.98 Å². The van der Waals surface area contributed by atoms with E-state index in [-0.39, 0.29) is 5.97 Å². The van der Waals surface area contributed by atoms with Crippen molar-refractivity contribution in [3.05, 3.63) is 71.9 Å². The van der Waals surface area contributed by atoms with Gasteiger partial charge in [0.1, 0.15) is 5.82 Å². The predicted octanol–water partition coefficient (Wildman–Crippen LogP) is 4.08. The van der Waals surface area contributed by atoms with Crippen LogP contribution < -0.4 is 10.2 Å². The minimum absolute atomic E-state index is 0.360. The van der Waals surface area contributed by atoms with Gasteiger partial charge < -0.3 is 15.0 Å². The standard InChI is InChI=1S/C20H20N4O2/c1-14-13-18(22-16-11-9-15(10-12-16)19(25)26-3)23-20(21-14)24(2)17-7-5-4-6-8-17/h4-13H,1-3H3,(H,21,22,23). The molecule has 0 radical (unpaired) electrons. The molecule has 1 heterocycles. The third-order valence-corrected chi connectivity index (χ3v) is 3.86. The van der Waals surface area contributed by atoms with Crippen molar-refractivity contribution in [3.63, 3.8) is 0 Å². The topological polar surface area (TPSA) is 67.3 Å². The molecule has 0 saturated heterocycles. The second-order valence-corrected chi connectivity index (χ2v) is 5.78. The molecule has 6 nitrogen and oxygen atoms in total. The molecule has 0 aliphatic heterocycles. The fourth-order valence-corrected chi connectivity index (χ4v) is 2.49. The van der Waals surface area contributed by atoms with Crippen LogP contribution in [0.2, 0.25) is 0 Å². The zero-order chi connectivity index (χ0) is 18.5. The Hall–Kier alpha value is -3.41. The first-order valence-electron chi connectivity index (χ1n) is 8.16. The second-order valence-electron chi connectivity index (χ2n) is 5.78. The second kappa shape index (κ2) is 7.65. The number of carbonyl (C=O) groups excluding carboxylic acids is 1. The Kier molecular flexibility index (Phi) is 5.12. The fourth-order valence-electron chi connectivity index (χ4n) is 2.49. The Labute approximate surface area is 152 Å². The van der Waals surface area contributed by atoms with Crippen LogP contribution >= 0.6 is 0 Å². The summed E-state index contributed by atoms with van der Waals surface area (Å²) in [6.07, 6.45) is 0. The van der Waals surface area contributed by atoms with Crippen molar-refractivity contribution in [2.75, 3.05) is 24.4 Å². The summed E-state index contributed by atoms with van der Waals surface area (Å²) in [4.78, 5) is 22.5. The molecule has 0 aliphatic rings. The zero-order valence-corrected chi connectivity index (χ0v) is 14.9. The molecule has 26 heavy (non-hydrogen) atoms. The average Bonchev–Trinajstić information content (AvgIpc) is 2.67. The number of carbonyl (C=O) groups is 1. The molecule has 3 aromatic rings. The van der Waals surface area contributed by atoms with Gasteiger partial charge in [0, 0.05) is 30.2 Å². The Balaban J connectivity index is 1.83. The summed E-state index contributed by atoms with van der Waals surface area (Å²) < 4.78 is 4.71. The monoisotopic (exact) mass is 348 g/mol. The Morgan fingerprint density at radius 2 is 1.73 bits per heavy atom. The Morgan fingerprint density at radius 3 is 2.38 bits per heavy atom. The van der Waals surface area contributed by atoms with E-state index in [2.05, 4.69) is 15.3 Å². The predicted molar refractivity (Wildman–Crippen MR) is 102 cm³/mol. The number of nitrogens with one attached hydrogen (secondary N) is 1. The molecular weight excluding hydrogens is 328 g/mol. The van der Waals surface area contributed by atoms with Crippen LogP contribution in [-0.4, -0.2) is 30.1 Å². The van der Waals surface area contributed by atoms with Crippen LogP contribution in [0, 0.1) is 6.92 Å². The van der Waals surface area contributed by atoms with E-state index in [9.17, 15) is 4.79 Å². The van der Waals surface area contributed by atoms with E-state index in [0.717, 1.165) is 17.1 Å². The number of rotatable bonds is 5. The first-order chi connectivity index (χ1) is 12.6. The summed E-state index contributed by atoms with van der Waals surface area (Å²) in [5.74, 6) is 0.923. The van der Waals surface area contributed by atoms with E-state index in [4.69, 9.17) is 4.74 Å². The lowest BCUT2D eigenvalue weighted by molar-refractivity contribution is 0.0601. The van der Waals surface area contributed by atoms with E-state index >= 15 is 0 Å². The smallest absolute Gasteiger partial charge is 0.337 e. The lowest BCUT2D eigenvalue weighted by Gasteiger charge is -2.18. The number of aryl methyl sites for hydroxylation is 1. The molecule has 2 aromatic carbocycles. The van der Waals surface area contributed by atoms with Gasteiger partial charge in [0.25, 0.3) is 0 Å². The van der Waals surface area contributed by atoms with Crippen LogP contribution in [0.15, 0.2) is 60.7 Å². The first kappa shape index (κ1) is 17.4. The number of hydrogen-bond donors (Lipinski definition) is 1. The van der Waals surface area contributed by atoms with Crippen molar-refractivity contribution in [1.29, 1.82) is 0 Å². The number of anilines is 4. The highest BCUT2D eigenvalue weighted by Gasteiger charge is 2.10. The third-order valence-electron chi connectivity index (χ3n) is 3.86. The van der Waals surface area contributed by atoms with E-state index in [1.165, 1.54) is 7.11 Å². The van der Waals surface area contributed by atoms with Crippen LogP contribution in [0.25, 0.3) is 0 Å². The van der Waals surface area contributed by atoms with Gasteiger partial charge in [0.2, 0.25) is 5.95 Å². The number of esters is 1. The van der Waals surface area contributed by atoms with E-state index in [1.807, 2.05) is 67.4 Å². The van der Waals surface area contributed by atoms with Crippen molar-refractivity contribution in [1.82, 2.24) is 9.97 Å². The van der Waals surface area contributed by atoms with Gasteiger partial charge in [0.05, 0.1) is 12.7 Å². The highest BCUT2D eigenvalue weighted by atomic mass is 16.5. The van der Waals surface area contributed by atoms with Gasteiger partial charge >= 0.3 is 5.97 Å². The van der Waals surface area contributed by atoms with E-state index < -0.39 is 0 Å². The van der Waals surface area contributed by atoms with Gasteiger partial charge in [-0.05, 0) is 43.3 Å². The fraction of sp³-hybridized carbons (Fsp3) is 0.150. The summed E-state index contributed by atoms with van der Waals surface area (Å²) in [5, 5.41) is 3.25. The lowest BCUT2D eigenvalue weighted by Crippen LogP contribution is -2.14. The van der Waals surface area contributed by atoms with Crippen LogP contribution in [0.5, 0.6) is 0 Å². The number of ether oxygens (including phenoxy) is 1. The summed E-state index contributed by atoms with van der Waals surface area (Å²) >= 11 is 0. The lowest BCUT2D eigenvalue weighted by atomic mass is 10.2. The summed E-state index contributed by atoms with van der Waals surface area (Å²) in [7, 11) is 3.29. The minimum Gasteiger partial charge on any atom is -0.465 e. The molecular formula is C20H20N4O2. The largest absolute Gasteiger partial charge is 0.465 e. The molecule has 0 amide bonds. The van der Waals surface area contributed by atoms with Gasteiger partial charge in [-0.25, -0.2) is 9.78 Å². The highest BCUT2D eigenvalue weighted by Crippen LogP contribution is 2.23.